The van der Waals surface area contributed by atoms with Gasteiger partial charge in [-0.2, -0.15) is 5.10 Å². The van der Waals surface area contributed by atoms with E-state index >= 15 is 0 Å². The normalized spacial score (nSPS) is 10.8. The van der Waals surface area contributed by atoms with Crippen LogP contribution < -0.4 is 10.3 Å². The number of hydrogen-bond donors (Lipinski definition) is 2. The van der Waals surface area contributed by atoms with Crippen LogP contribution in [0.3, 0.4) is 0 Å². The number of hydrazone groups is 1. The molecule has 0 atom stereocenters. The molecule has 0 aliphatic rings. The van der Waals surface area contributed by atoms with E-state index in [9.17, 15) is 14.7 Å². The van der Waals surface area contributed by atoms with Crippen LogP contribution in [0.15, 0.2) is 59.0 Å². The molecule has 1 heterocycles. The van der Waals surface area contributed by atoms with Gasteiger partial charge in [0.15, 0.2) is 5.13 Å². The van der Waals surface area contributed by atoms with E-state index in [-0.39, 0.29) is 17.2 Å². The van der Waals surface area contributed by atoms with Crippen LogP contribution in [0, 0.1) is 0 Å². The van der Waals surface area contributed by atoms with Crippen LogP contribution in [-0.2, 0) is 4.79 Å². The van der Waals surface area contributed by atoms with Gasteiger partial charge in [0, 0.05) is 17.3 Å². The maximum Gasteiger partial charge on any atom is 0.275 e. The van der Waals surface area contributed by atoms with E-state index in [4.69, 9.17) is 11.6 Å². The third-order valence-electron chi connectivity index (χ3n) is 3.59. The van der Waals surface area contributed by atoms with Crippen LogP contribution in [0.1, 0.15) is 23.0 Å². The van der Waals surface area contributed by atoms with E-state index in [0.29, 0.717) is 21.5 Å². The van der Waals surface area contributed by atoms with Gasteiger partial charge in [0.2, 0.25) is 5.91 Å². The molecule has 0 radical (unpaired) electrons. The number of aromatic hydroxyl groups is 1. The van der Waals surface area contributed by atoms with E-state index in [1.54, 1.807) is 41.8 Å². The predicted octanol–water partition coefficient (Wildman–Crippen LogP) is 3.95. The lowest BCUT2D eigenvalue weighted by Crippen LogP contribution is -2.22. The molecule has 2 amide bonds. The van der Waals surface area contributed by atoms with E-state index in [2.05, 4.69) is 15.5 Å². The van der Waals surface area contributed by atoms with Gasteiger partial charge >= 0.3 is 0 Å². The van der Waals surface area contributed by atoms with Gasteiger partial charge in [-0.15, -0.1) is 11.3 Å². The van der Waals surface area contributed by atoms with Gasteiger partial charge in [-0.1, -0.05) is 29.8 Å². The summed E-state index contributed by atoms with van der Waals surface area (Å²) in [6.45, 7) is 1.43. The fourth-order valence-corrected chi connectivity index (χ4v) is 3.39. The van der Waals surface area contributed by atoms with E-state index in [1.165, 1.54) is 41.5 Å². The van der Waals surface area contributed by atoms with Crippen LogP contribution >= 0.6 is 22.9 Å². The number of thiazole rings is 1. The molecule has 142 valence electrons. The fourth-order valence-electron chi connectivity index (χ4n) is 2.36. The number of nitrogens with zero attached hydrogens (tertiary/aromatic N) is 3. The molecule has 0 aliphatic carbocycles. The van der Waals surface area contributed by atoms with E-state index in [0.717, 1.165) is 0 Å². The van der Waals surface area contributed by atoms with Gasteiger partial charge in [-0.3, -0.25) is 14.5 Å². The van der Waals surface area contributed by atoms with E-state index < -0.39 is 5.91 Å². The van der Waals surface area contributed by atoms with Gasteiger partial charge in [-0.25, -0.2) is 10.4 Å². The zero-order valence-electron chi connectivity index (χ0n) is 14.7. The first-order valence-electron chi connectivity index (χ1n) is 8.09. The minimum atomic E-state index is -0.547. The second-order valence-corrected chi connectivity index (χ2v) is 6.88. The fraction of sp³-hybridized carbons (Fsp3) is 0.0526. The number of para-hydroxylation sites is 1. The smallest absolute Gasteiger partial charge is 0.275 e. The third-order valence-corrected chi connectivity index (χ3v) is 4.67. The molecule has 3 aromatic rings. The number of nitrogens with one attached hydrogen (secondary N) is 1. The molecule has 7 nitrogen and oxygen atoms in total. The van der Waals surface area contributed by atoms with Crippen molar-refractivity contribution in [3.8, 4) is 5.75 Å². The number of benzene rings is 2. The van der Waals surface area contributed by atoms with Crippen molar-refractivity contribution in [1.29, 1.82) is 0 Å². The molecule has 2 N–H and O–H groups in total. The monoisotopic (exact) mass is 414 g/mol. The van der Waals surface area contributed by atoms with Crippen LogP contribution in [0.5, 0.6) is 5.75 Å². The Hall–Kier alpha value is -3.23. The highest BCUT2D eigenvalue weighted by Gasteiger charge is 2.18. The number of carbonyl (C=O) groups excluding carboxylic acids is 2. The zero-order valence-corrected chi connectivity index (χ0v) is 16.2. The number of phenolic OH excluding ortho intramolecular Hbond substituents is 1. The van der Waals surface area contributed by atoms with Crippen LogP contribution in [0.4, 0.5) is 10.8 Å². The number of halogens is 1. The minimum absolute atomic E-state index is 0.113. The summed E-state index contributed by atoms with van der Waals surface area (Å²) in [6.07, 6.45) is 1.36. The highest BCUT2D eigenvalue weighted by molar-refractivity contribution is 7.14. The average Bonchev–Trinajstić information content (AvgIpc) is 3.10. The Morgan fingerprint density at radius 3 is 2.75 bits per heavy atom. The van der Waals surface area contributed by atoms with Gasteiger partial charge < -0.3 is 5.11 Å². The first-order valence-corrected chi connectivity index (χ1v) is 9.34. The summed E-state index contributed by atoms with van der Waals surface area (Å²) in [4.78, 5) is 29.9. The Bertz CT molecular complexity index is 1050. The lowest BCUT2D eigenvalue weighted by atomic mass is 10.2. The summed E-state index contributed by atoms with van der Waals surface area (Å²) in [5.74, 6) is -0.896. The molecule has 0 bridgehead atoms. The number of rotatable bonds is 5. The summed E-state index contributed by atoms with van der Waals surface area (Å²) in [6, 6.07) is 13.0. The molecule has 0 spiro atoms. The minimum Gasteiger partial charge on any atom is -0.507 e. The summed E-state index contributed by atoms with van der Waals surface area (Å²) >= 11 is 7.26. The Balaban J connectivity index is 1.74. The molecule has 3 rings (SSSR count). The Morgan fingerprint density at radius 1 is 1.25 bits per heavy atom. The topological polar surface area (TPSA) is 94.9 Å². The van der Waals surface area contributed by atoms with Crippen LogP contribution in [-0.4, -0.2) is 28.1 Å². The SMILES string of the molecule is CC(=O)N(c1cccc(Cl)c1)c1nc(/C=N\NC(=O)c2ccccc2O)cs1. The molecular weight excluding hydrogens is 400 g/mol. The summed E-state index contributed by atoms with van der Waals surface area (Å²) < 4.78 is 0. The van der Waals surface area contributed by atoms with Gasteiger partial charge in [0.05, 0.1) is 23.2 Å². The quantitative estimate of drug-likeness (QED) is 0.488. The molecule has 0 saturated heterocycles. The molecule has 2 aromatic carbocycles. The van der Waals surface area contributed by atoms with Crippen molar-refractivity contribution in [2.75, 3.05) is 4.90 Å². The van der Waals surface area contributed by atoms with Crippen molar-refractivity contribution < 1.29 is 14.7 Å². The largest absolute Gasteiger partial charge is 0.507 e. The number of hydrogen-bond acceptors (Lipinski definition) is 6. The van der Waals surface area contributed by atoms with Crippen molar-refractivity contribution >= 4 is 51.8 Å². The third kappa shape index (κ3) is 4.54. The van der Waals surface area contributed by atoms with Gasteiger partial charge in [0.1, 0.15) is 5.75 Å². The van der Waals surface area contributed by atoms with Crippen LogP contribution in [0.25, 0.3) is 0 Å². The number of anilines is 2. The molecule has 28 heavy (non-hydrogen) atoms. The Labute approximate surface area is 169 Å². The maximum atomic E-state index is 12.1. The molecule has 0 saturated carbocycles. The zero-order chi connectivity index (χ0) is 20.1. The van der Waals surface area contributed by atoms with Crippen molar-refractivity contribution in [3.05, 3.63) is 70.2 Å². The predicted molar refractivity (Wildman–Crippen MR) is 110 cm³/mol. The number of phenols is 1. The lowest BCUT2D eigenvalue weighted by molar-refractivity contribution is -0.115. The summed E-state index contributed by atoms with van der Waals surface area (Å²) in [7, 11) is 0. The molecule has 0 fully saturated rings. The molecule has 9 heteroatoms. The molecule has 1 aromatic heterocycles. The first-order chi connectivity index (χ1) is 13.5. The lowest BCUT2D eigenvalue weighted by Gasteiger charge is -2.18. The Kier molecular flexibility index (Phi) is 6.03. The summed E-state index contributed by atoms with van der Waals surface area (Å²) in [5.41, 5.74) is 3.51. The number of amides is 2. The number of aromatic nitrogens is 1. The van der Waals surface area contributed by atoms with Gasteiger partial charge in [-0.05, 0) is 30.3 Å². The highest BCUT2D eigenvalue weighted by Crippen LogP contribution is 2.30. The van der Waals surface area contributed by atoms with Gasteiger partial charge in [0.25, 0.3) is 5.91 Å². The van der Waals surface area contributed by atoms with Crippen molar-refractivity contribution in [1.82, 2.24) is 10.4 Å². The summed E-state index contributed by atoms with van der Waals surface area (Å²) in [5, 5.41) is 16.2. The van der Waals surface area contributed by atoms with Crippen molar-refractivity contribution in [3.63, 3.8) is 0 Å². The first kappa shape index (κ1) is 19.5. The molecule has 0 aliphatic heterocycles. The average molecular weight is 415 g/mol. The molecular formula is C19H15ClN4O3S. The number of carbonyl (C=O) groups is 2. The molecule has 0 unspecified atom stereocenters. The van der Waals surface area contributed by atoms with Crippen molar-refractivity contribution in [2.24, 2.45) is 5.10 Å². The van der Waals surface area contributed by atoms with Crippen LogP contribution in [0.2, 0.25) is 5.02 Å². The standard InChI is InChI=1S/C19H15ClN4O3S/c1-12(25)24(15-6-4-5-13(20)9-15)19-22-14(11-28-19)10-21-23-18(27)16-7-2-3-8-17(16)26/h2-11,26H,1H3,(H,23,27)/b21-10-. The maximum absolute atomic E-state index is 12.1. The second kappa shape index (κ2) is 8.64. The second-order valence-electron chi connectivity index (χ2n) is 5.61. The van der Waals surface area contributed by atoms with Crippen molar-refractivity contribution in [2.45, 2.75) is 6.92 Å². The Morgan fingerprint density at radius 2 is 2.04 bits per heavy atom. The highest BCUT2D eigenvalue weighted by atomic mass is 35.5. The van der Waals surface area contributed by atoms with E-state index in [1.807, 2.05) is 0 Å².